The number of anilines is 1. The van der Waals surface area contributed by atoms with Gasteiger partial charge in [0.2, 0.25) is 0 Å². The molecular weight excluding hydrogens is 432 g/mol. The first-order chi connectivity index (χ1) is 15.2. The van der Waals surface area contributed by atoms with E-state index in [4.69, 9.17) is 26.1 Å². The molecule has 9 nitrogen and oxygen atoms in total. The fourth-order valence-electron chi connectivity index (χ4n) is 3.55. The Morgan fingerprint density at radius 3 is 2.81 bits per heavy atom. The number of methoxy groups -OCH3 is 1. The minimum Gasteiger partial charge on any atom is -0.494 e. The largest absolute Gasteiger partial charge is 0.494 e. The Morgan fingerprint density at radius 2 is 2.09 bits per heavy atom. The number of amides is 1. The fourth-order valence-corrected chi connectivity index (χ4v) is 3.72. The van der Waals surface area contributed by atoms with Gasteiger partial charge in [-0.25, -0.2) is 19.7 Å². The third-order valence-electron chi connectivity index (χ3n) is 4.96. The predicted octanol–water partition coefficient (Wildman–Crippen LogP) is 4.17. The summed E-state index contributed by atoms with van der Waals surface area (Å²) in [6.07, 6.45) is 5.34. The Bertz CT molecular complexity index is 1150. The van der Waals surface area contributed by atoms with Crippen LogP contribution in [0, 0.1) is 0 Å². The number of aromatic nitrogens is 4. The number of fused-ring (bicyclic) bond motifs is 1. The van der Waals surface area contributed by atoms with Crippen molar-refractivity contribution in [1.82, 2.24) is 24.8 Å². The Kier molecular flexibility index (Phi) is 6.01. The number of likely N-dealkylation sites (tertiary alicyclic amines) is 1. The highest BCUT2D eigenvalue weighted by atomic mass is 35.5. The van der Waals surface area contributed by atoms with Gasteiger partial charge in [-0.05, 0) is 39.3 Å². The summed E-state index contributed by atoms with van der Waals surface area (Å²) >= 11 is 6.07. The molecule has 168 valence electrons. The van der Waals surface area contributed by atoms with Gasteiger partial charge in [0.05, 0.1) is 30.4 Å². The molecule has 1 atom stereocenters. The van der Waals surface area contributed by atoms with Gasteiger partial charge in [0.25, 0.3) is 0 Å². The average molecular weight is 457 g/mol. The Labute approximate surface area is 191 Å². The van der Waals surface area contributed by atoms with Gasteiger partial charge in [0.1, 0.15) is 22.3 Å². The first-order valence-electron chi connectivity index (χ1n) is 10.3. The topological polar surface area (TPSA) is 102 Å². The SMILES string of the molecule is COc1cncc2nc(-c3ccnc(Cl)c3)nc(N[C@@H]3CCN(C(=O)OC(C)(C)C)C3)c12. The molecule has 4 heterocycles. The van der Waals surface area contributed by atoms with E-state index in [-0.39, 0.29) is 12.1 Å². The van der Waals surface area contributed by atoms with Crippen LogP contribution in [0.25, 0.3) is 22.3 Å². The van der Waals surface area contributed by atoms with E-state index in [0.717, 1.165) is 17.4 Å². The molecule has 1 N–H and O–H groups in total. The fraction of sp³-hybridized carbons (Fsp3) is 0.409. The van der Waals surface area contributed by atoms with Crippen molar-refractivity contribution in [1.29, 1.82) is 0 Å². The normalized spacial score (nSPS) is 16.3. The van der Waals surface area contributed by atoms with Gasteiger partial charge in [-0.2, -0.15) is 0 Å². The van der Waals surface area contributed by atoms with Crippen molar-refractivity contribution >= 4 is 34.4 Å². The molecule has 32 heavy (non-hydrogen) atoms. The van der Waals surface area contributed by atoms with E-state index >= 15 is 0 Å². The number of halogens is 1. The quantitative estimate of drug-likeness (QED) is 0.583. The summed E-state index contributed by atoms with van der Waals surface area (Å²) in [5, 5.41) is 4.55. The predicted molar refractivity (Wildman–Crippen MR) is 122 cm³/mol. The van der Waals surface area contributed by atoms with Crippen LogP contribution in [0.2, 0.25) is 5.15 Å². The van der Waals surface area contributed by atoms with E-state index in [2.05, 4.69) is 20.3 Å². The molecular formula is C22H25ClN6O3. The number of nitrogens with zero attached hydrogens (tertiary/aromatic N) is 5. The minimum atomic E-state index is -0.535. The van der Waals surface area contributed by atoms with Crippen LogP contribution in [-0.2, 0) is 4.74 Å². The molecule has 0 aromatic carbocycles. The Balaban J connectivity index is 1.66. The van der Waals surface area contributed by atoms with Crippen molar-refractivity contribution in [2.24, 2.45) is 0 Å². The van der Waals surface area contributed by atoms with Crippen LogP contribution in [0.5, 0.6) is 5.75 Å². The molecule has 1 amide bonds. The van der Waals surface area contributed by atoms with Crippen molar-refractivity contribution in [3.8, 4) is 17.1 Å². The van der Waals surface area contributed by atoms with Crippen LogP contribution in [0.15, 0.2) is 30.7 Å². The molecule has 0 saturated carbocycles. The van der Waals surface area contributed by atoms with Gasteiger partial charge in [-0.3, -0.25) is 4.98 Å². The second-order valence-corrected chi connectivity index (χ2v) is 8.94. The summed E-state index contributed by atoms with van der Waals surface area (Å²) < 4.78 is 11.0. The zero-order valence-electron chi connectivity index (χ0n) is 18.4. The molecule has 1 aliphatic rings. The number of carbonyl (C=O) groups is 1. The number of carbonyl (C=O) groups excluding carboxylic acids is 1. The molecule has 0 radical (unpaired) electrons. The van der Waals surface area contributed by atoms with Crippen LogP contribution in [0.3, 0.4) is 0 Å². The molecule has 10 heteroatoms. The van der Waals surface area contributed by atoms with Gasteiger partial charge in [-0.1, -0.05) is 11.6 Å². The second-order valence-electron chi connectivity index (χ2n) is 8.56. The van der Waals surface area contributed by atoms with Gasteiger partial charge >= 0.3 is 6.09 Å². The maximum Gasteiger partial charge on any atom is 0.410 e. The van der Waals surface area contributed by atoms with Crippen LogP contribution in [0.1, 0.15) is 27.2 Å². The summed E-state index contributed by atoms with van der Waals surface area (Å²) in [7, 11) is 1.58. The lowest BCUT2D eigenvalue weighted by atomic mass is 10.2. The number of hydrogen-bond acceptors (Lipinski definition) is 8. The van der Waals surface area contributed by atoms with Gasteiger partial charge in [0, 0.05) is 30.9 Å². The molecule has 0 unspecified atom stereocenters. The van der Waals surface area contributed by atoms with Crippen molar-refractivity contribution in [2.45, 2.75) is 38.8 Å². The van der Waals surface area contributed by atoms with Gasteiger partial charge < -0.3 is 19.7 Å². The molecule has 1 saturated heterocycles. The lowest BCUT2D eigenvalue weighted by Gasteiger charge is -2.24. The van der Waals surface area contributed by atoms with E-state index in [1.54, 1.807) is 42.7 Å². The van der Waals surface area contributed by atoms with E-state index in [1.165, 1.54) is 0 Å². The molecule has 0 bridgehead atoms. The first kappa shape index (κ1) is 22.0. The highest BCUT2D eigenvalue weighted by Gasteiger charge is 2.30. The van der Waals surface area contributed by atoms with Crippen molar-refractivity contribution in [3.63, 3.8) is 0 Å². The standard InChI is InChI=1S/C22H25ClN6O3/c1-22(2,3)32-21(30)29-8-6-14(12-29)26-20-18-15(10-24-11-16(18)31-4)27-19(28-20)13-5-7-25-17(23)9-13/h5,7,9-11,14H,6,8,12H2,1-4H3,(H,26,27,28)/t14-/m1/s1. The molecule has 3 aromatic rings. The summed E-state index contributed by atoms with van der Waals surface area (Å²) in [6, 6.07) is 3.50. The van der Waals surface area contributed by atoms with Crippen LogP contribution < -0.4 is 10.1 Å². The zero-order valence-corrected chi connectivity index (χ0v) is 19.2. The lowest BCUT2D eigenvalue weighted by molar-refractivity contribution is 0.0293. The van der Waals surface area contributed by atoms with Crippen molar-refractivity contribution in [3.05, 3.63) is 35.9 Å². The monoisotopic (exact) mass is 456 g/mol. The first-order valence-corrected chi connectivity index (χ1v) is 10.7. The molecule has 1 fully saturated rings. The van der Waals surface area contributed by atoms with Crippen molar-refractivity contribution in [2.75, 3.05) is 25.5 Å². The third kappa shape index (κ3) is 4.83. The lowest BCUT2D eigenvalue weighted by Crippen LogP contribution is -2.36. The summed E-state index contributed by atoms with van der Waals surface area (Å²) in [4.78, 5) is 31.8. The minimum absolute atomic E-state index is 0.00707. The Hall–Kier alpha value is -3.20. The third-order valence-corrected chi connectivity index (χ3v) is 5.16. The number of hydrogen-bond donors (Lipinski definition) is 1. The average Bonchev–Trinajstić information content (AvgIpc) is 3.20. The smallest absolute Gasteiger partial charge is 0.410 e. The van der Waals surface area contributed by atoms with Gasteiger partial charge in [-0.15, -0.1) is 0 Å². The van der Waals surface area contributed by atoms with Crippen LogP contribution in [-0.4, -0.2) is 62.8 Å². The highest BCUT2D eigenvalue weighted by molar-refractivity contribution is 6.29. The maximum atomic E-state index is 12.4. The highest BCUT2D eigenvalue weighted by Crippen LogP contribution is 2.33. The number of ether oxygens (including phenoxy) is 2. The molecule has 1 aliphatic heterocycles. The number of nitrogens with one attached hydrogen (secondary N) is 1. The van der Waals surface area contributed by atoms with E-state index < -0.39 is 5.60 Å². The maximum absolute atomic E-state index is 12.4. The van der Waals surface area contributed by atoms with E-state index in [1.807, 2.05) is 20.8 Å². The van der Waals surface area contributed by atoms with Crippen LogP contribution in [0.4, 0.5) is 10.6 Å². The summed E-state index contributed by atoms with van der Waals surface area (Å²) in [5.74, 6) is 1.65. The van der Waals surface area contributed by atoms with E-state index in [9.17, 15) is 4.79 Å². The molecule has 3 aromatic heterocycles. The van der Waals surface area contributed by atoms with E-state index in [0.29, 0.717) is 41.2 Å². The number of pyridine rings is 2. The number of rotatable bonds is 4. The molecule has 4 rings (SSSR count). The summed E-state index contributed by atoms with van der Waals surface area (Å²) in [6.45, 7) is 6.68. The summed E-state index contributed by atoms with van der Waals surface area (Å²) in [5.41, 5.74) is 0.832. The van der Waals surface area contributed by atoms with Gasteiger partial charge in [0.15, 0.2) is 5.82 Å². The molecule has 0 spiro atoms. The molecule has 0 aliphatic carbocycles. The van der Waals surface area contributed by atoms with Crippen molar-refractivity contribution < 1.29 is 14.3 Å². The Morgan fingerprint density at radius 1 is 1.28 bits per heavy atom. The zero-order chi connectivity index (χ0) is 22.9. The van der Waals surface area contributed by atoms with Crippen LogP contribution >= 0.6 is 11.6 Å². The second kappa shape index (κ2) is 8.74.